The van der Waals surface area contributed by atoms with Gasteiger partial charge >= 0.3 is 5.97 Å². The molecule has 4 aliphatic rings. The van der Waals surface area contributed by atoms with E-state index in [0.717, 1.165) is 47.0 Å². The summed E-state index contributed by atoms with van der Waals surface area (Å²) in [5, 5.41) is 24.2. The van der Waals surface area contributed by atoms with E-state index in [2.05, 4.69) is 70.9 Å². The lowest BCUT2D eigenvalue weighted by atomic mass is 9.82. The van der Waals surface area contributed by atoms with E-state index in [4.69, 9.17) is 14.2 Å². The molecule has 3 saturated heterocycles. The Bertz CT molecular complexity index is 2550. The summed E-state index contributed by atoms with van der Waals surface area (Å²) >= 11 is 0. The van der Waals surface area contributed by atoms with Gasteiger partial charge in [-0.3, -0.25) is 24.0 Å². The molecule has 15 heteroatoms. The first-order valence-electron chi connectivity index (χ1n) is 23.7. The minimum Gasteiger partial charge on any atom is -0.497 e. The monoisotopic (exact) mass is 925 g/mol. The second kappa shape index (κ2) is 19.0. The SMILES string of the molecule is COC(=O)CCCCN1C(=O)[C@@]2(O[C@@H](CCn3cc(C(CO)c4ccccc4)nn3)[C@H]([Si](C)(C)c3ccc(OC)cc3)[C@H]2C)c2cc(N3CN(c4ccccc4)C4(CCNCC4)C3=O)ccc21. The summed E-state index contributed by atoms with van der Waals surface area (Å²) in [6.45, 7) is 9.53. The van der Waals surface area contributed by atoms with Crippen LogP contribution in [-0.2, 0) is 36.0 Å². The average Bonchev–Trinajstić information content (AvgIpc) is 4.09. The van der Waals surface area contributed by atoms with Crippen LogP contribution in [0.3, 0.4) is 0 Å². The maximum Gasteiger partial charge on any atom is 0.305 e. The number of fused-ring (bicyclic) bond motifs is 2. The second-order valence-corrected chi connectivity index (χ2v) is 23.8. The number of esters is 1. The van der Waals surface area contributed by atoms with Crippen LogP contribution >= 0.6 is 0 Å². The maximum absolute atomic E-state index is 15.7. The zero-order valence-corrected chi connectivity index (χ0v) is 40.3. The van der Waals surface area contributed by atoms with Gasteiger partial charge in [-0.15, -0.1) is 5.10 Å². The van der Waals surface area contributed by atoms with Crippen molar-refractivity contribution in [2.75, 3.05) is 61.8 Å². The Morgan fingerprint density at radius 1 is 0.910 bits per heavy atom. The number of methoxy groups -OCH3 is 2. The summed E-state index contributed by atoms with van der Waals surface area (Å²) in [5.41, 5.74) is 2.80. The third-order valence-electron chi connectivity index (χ3n) is 15.3. The number of hydrogen-bond acceptors (Lipinski definition) is 11. The fraction of sp³-hybridized carbons (Fsp3) is 0.442. The molecular formula is C52H63N7O7Si. The van der Waals surface area contributed by atoms with Gasteiger partial charge in [0.05, 0.1) is 59.0 Å². The van der Waals surface area contributed by atoms with Crippen molar-refractivity contribution in [2.24, 2.45) is 5.92 Å². The van der Waals surface area contributed by atoms with E-state index in [1.807, 2.05) is 93.5 Å². The van der Waals surface area contributed by atoms with Crippen LogP contribution in [0.15, 0.2) is 109 Å². The summed E-state index contributed by atoms with van der Waals surface area (Å²) in [6.07, 6.45) is 4.86. The highest BCUT2D eigenvalue weighted by Crippen LogP contribution is 2.60. The third-order valence-corrected chi connectivity index (χ3v) is 19.6. The molecule has 0 radical (unpaired) electrons. The van der Waals surface area contributed by atoms with Crippen molar-refractivity contribution in [2.45, 2.75) is 93.8 Å². The number of hydrogen-bond donors (Lipinski definition) is 2. The molecule has 0 saturated carbocycles. The largest absolute Gasteiger partial charge is 0.497 e. The first-order valence-corrected chi connectivity index (χ1v) is 26.8. The highest BCUT2D eigenvalue weighted by atomic mass is 28.3. The Hall–Kier alpha value is -5.87. The Kier molecular flexibility index (Phi) is 13.1. The molecule has 5 heterocycles. The Morgan fingerprint density at radius 3 is 2.31 bits per heavy atom. The summed E-state index contributed by atoms with van der Waals surface area (Å²) < 4.78 is 19.9. The highest BCUT2D eigenvalue weighted by Gasteiger charge is 2.66. The number of aryl methyl sites for hydroxylation is 1. The van der Waals surface area contributed by atoms with Gasteiger partial charge in [0, 0.05) is 48.6 Å². The molecule has 5 aromatic rings. The molecule has 0 bridgehead atoms. The van der Waals surface area contributed by atoms with Crippen molar-refractivity contribution < 1.29 is 33.7 Å². The first kappa shape index (κ1) is 46.2. The Balaban J connectivity index is 1.11. The number of amides is 2. The molecule has 0 aliphatic carbocycles. The van der Waals surface area contributed by atoms with E-state index < -0.39 is 19.2 Å². The number of piperidine rings is 1. The number of anilines is 3. The molecule has 4 aromatic carbocycles. The zero-order valence-electron chi connectivity index (χ0n) is 39.3. The number of ether oxygens (including phenoxy) is 3. The fourth-order valence-corrected chi connectivity index (χ4v) is 15.7. The molecule has 2 N–H and O–H groups in total. The van der Waals surface area contributed by atoms with Crippen LogP contribution in [0.25, 0.3) is 0 Å². The fourth-order valence-electron chi connectivity index (χ4n) is 11.7. The molecule has 1 unspecified atom stereocenters. The van der Waals surface area contributed by atoms with Crippen molar-refractivity contribution in [3.05, 3.63) is 126 Å². The lowest BCUT2D eigenvalue weighted by Gasteiger charge is -2.39. The van der Waals surface area contributed by atoms with Gasteiger partial charge in [-0.1, -0.05) is 91.1 Å². The minimum atomic E-state index is -2.51. The van der Waals surface area contributed by atoms with Crippen LogP contribution in [0.2, 0.25) is 18.6 Å². The van der Waals surface area contributed by atoms with Crippen LogP contribution in [0.1, 0.15) is 68.2 Å². The van der Waals surface area contributed by atoms with Gasteiger partial charge < -0.3 is 34.4 Å². The van der Waals surface area contributed by atoms with Crippen molar-refractivity contribution in [3.63, 3.8) is 0 Å². The molecule has 5 atom stereocenters. The van der Waals surface area contributed by atoms with Gasteiger partial charge in [-0.2, -0.15) is 0 Å². The number of unbranched alkanes of at least 4 members (excludes halogenated alkanes) is 1. The highest BCUT2D eigenvalue weighted by molar-refractivity contribution is 6.91. The molecule has 67 heavy (non-hydrogen) atoms. The molecular weight excluding hydrogens is 863 g/mol. The smallest absolute Gasteiger partial charge is 0.305 e. The molecule has 4 aliphatic heterocycles. The number of aliphatic hydroxyl groups excluding tert-OH is 1. The van der Waals surface area contributed by atoms with E-state index >= 15 is 9.59 Å². The van der Waals surface area contributed by atoms with Gasteiger partial charge in [0.25, 0.3) is 11.8 Å². The normalized spacial score (nSPS) is 22.8. The van der Waals surface area contributed by atoms with Crippen molar-refractivity contribution in [1.29, 1.82) is 0 Å². The van der Waals surface area contributed by atoms with Gasteiger partial charge in [0.1, 0.15) is 11.3 Å². The quantitative estimate of drug-likeness (QED) is 0.0649. The van der Waals surface area contributed by atoms with E-state index in [-0.39, 0.29) is 54.3 Å². The number of benzene rings is 4. The summed E-state index contributed by atoms with van der Waals surface area (Å²) in [7, 11) is 0.554. The van der Waals surface area contributed by atoms with E-state index in [9.17, 15) is 9.90 Å². The van der Waals surface area contributed by atoms with Crippen LogP contribution in [0.4, 0.5) is 17.1 Å². The lowest BCUT2D eigenvalue weighted by molar-refractivity contribution is -0.146. The summed E-state index contributed by atoms with van der Waals surface area (Å²) in [6, 6.07) is 34.4. The van der Waals surface area contributed by atoms with Crippen LogP contribution in [0, 0.1) is 5.92 Å². The van der Waals surface area contributed by atoms with E-state index in [1.54, 1.807) is 7.11 Å². The Morgan fingerprint density at radius 2 is 1.63 bits per heavy atom. The first-order chi connectivity index (χ1) is 32.5. The average molecular weight is 926 g/mol. The second-order valence-electron chi connectivity index (χ2n) is 19.1. The lowest BCUT2D eigenvalue weighted by Crippen LogP contribution is -2.55. The van der Waals surface area contributed by atoms with Crippen molar-refractivity contribution >= 4 is 48.1 Å². The van der Waals surface area contributed by atoms with Crippen LogP contribution < -0.4 is 29.9 Å². The molecule has 3 fully saturated rings. The van der Waals surface area contributed by atoms with E-state index in [1.165, 1.54) is 12.3 Å². The number of para-hydroxylation sites is 1. The van der Waals surface area contributed by atoms with Crippen LogP contribution in [0.5, 0.6) is 5.75 Å². The number of aromatic nitrogens is 3. The Labute approximate surface area is 394 Å². The van der Waals surface area contributed by atoms with Gasteiger partial charge in [-0.05, 0) is 98.8 Å². The topological polar surface area (TPSA) is 152 Å². The number of nitrogens with one attached hydrogen (secondary N) is 1. The van der Waals surface area contributed by atoms with Crippen molar-refractivity contribution in [3.8, 4) is 5.75 Å². The van der Waals surface area contributed by atoms with Crippen molar-refractivity contribution in [1.82, 2.24) is 20.3 Å². The van der Waals surface area contributed by atoms with Gasteiger partial charge in [-0.25, -0.2) is 0 Å². The number of nitrogens with zero attached hydrogens (tertiary/aromatic N) is 6. The van der Waals surface area contributed by atoms with Gasteiger partial charge in [0.15, 0.2) is 5.60 Å². The van der Waals surface area contributed by atoms with Gasteiger partial charge in [0.2, 0.25) is 0 Å². The number of carbonyl (C=O) groups excluding carboxylic acids is 3. The standard InChI is InChI=1S/C52H63N7O7Si/c1-36-48(67(4,5)41-22-20-40(64-2)21-23-41)46(25-31-56-33-44(54-55-56)42(34-60)37-14-8-6-9-15-37)66-52(36)43-32-39(19-24-45(43)57(50(52)63)30-13-12-18-47(61)65-3)58-35-59(38-16-10-7-11-17-38)51(49(58)62)26-28-53-29-27-51/h6-11,14-17,19-24,32-33,36,42,46,48,53,60H,12-13,18,25-31,34-35H2,1-5H3/t36-,42?,46+,48-,52+/m1/s1. The molecule has 2 amide bonds. The van der Waals surface area contributed by atoms with E-state index in [0.29, 0.717) is 57.6 Å². The predicted molar refractivity (Wildman–Crippen MR) is 260 cm³/mol. The van der Waals surface area contributed by atoms with Crippen LogP contribution in [-0.4, -0.2) is 105 Å². The molecule has 352 valence electrons. The maximum atomic E-state index is 15.7. The predicted octanol–water partition coefficient (Wildman–Crippen LogP) is 6.34. The summed E-state index contributed by atoms with van der Waals surface area (Å²) in [4.78, 5) is 48.8. The molecule has 2 spiro atoms. The number of rotatable bonds is 16. The molecule has 1 aromatic heterocycles. The third kappa shape index (κ3) is 8.23. The summed E-state index contributed by atoms with van der Waals surface area (Å²) in [5.74, 6) is -0.166. The number of aliphatic hydroxyl groups is 1. The molecule has 14 nitrogen and oxygen atoms in total. The zero-order chi connectivity index (χ0) is 46.9. The minimum absolute atomic E-state index is 0.0434. The molecule has 9 rings (SSSR count). The number of carbonyl (C=O) groups is 3.